The highest BCUT2D eigenvalue weighted by atomic mass is 16.6. The first kappa shape index (κ1) is 14.5. The van der Waals surface area contributed by atoms with E-state index in [9.17, 15) is 20.0 Å². The average molecular weight is 312 g/mol. The summed E-state index contributed by atoms with van der Waals surface area (Å²) in [5, 5.41) is 23.4. The largest absolute Gasteiger partial charge is 0.478 e. The van der Waals surface area contributed by atoms with Gasteiger partial charge in [-0.1, -0.05) is 12.1 Å². The highest BCUT2D eigenvalue weighted by Gasteiger charge is 2.22. The number of carboxylic acids is 1. The number of nitro benzene ring substituents is 1. The summed E-state index contributed by atoms with van der Waals surface area (Å²) in [5.41, 5.74) is 1.38. The van der Waals surface area contributed by atoms with Gasteiger partial charge in [-0.2, -0.15) is 0 Å². The van der Waals surface area contributed by atoms with E-state index < -0.39 is 10.9 Å². The minimum atomic E-state index is -1.25. The van der Waals surface area contributed by atoms with E-state index in [1.807, 2.05) is 13.1 Å². The molecule has 0 radical (unpaired) electrons. The number of anilines is 2. The molecular weight excluding hydrogens is 300 g/mol. The van der Waals surface area contributed by atoms with Crippen molar-refractivity contribution in [2.45, 2.75) is 0 Å². The molecular formula is C15H12N4O4. The minimum Gasteiger partial charge on any atom is -0.478 e. The maximum Gasteiger partial charge on any atom is 0.338 e. The molecule has 0 aliphatic rings. The molecule has 0 saturated carbocycles. The third-order valence-corrected chi connectivity index (χ3v) is 3.48. The van der Waals surface area contributed by atoms with Crippen molar-refractivity contribution < 1.29 is 14.8 Å². The summed E-state index contributed by atoms with van der Waals surface area (Å²) >= 11 is 0. The number of imidazole rings is 1. The number of benzene rings is 2. The second-order valence-electron chi connectivity index (χ2n) is 4.92. The lowest BCUT2D eigenvalue weighted by molar-refractivity contribution is -0.383. The second-order valence-corrected chi connectivity index (χ2v) is 4.92. The zero-order valence-corrected chi connectivity index (χ0v) is 12.1. The van der Waals surface area contributed by atoms with Gasteiger partial charge in [0.2, 0.25) is 0 Å². The number of nitro groups is 1. The first-order valence-electron chi connectivity index (χ1n) is 6.67. The Morgan fingerprint density at radius 2 is 2.04 bits per heavy atom. The third kappa shape index (κ3) is 2.46. The predicted molar refractivity (Wildman–Crippen MR) is 84.1 cm³/mol. The summed E-state index contributed by atoms with van der Waals surface area (Å²) in [6.07, 6.45) is 1.62. The van der Waals surface area contributed by atoms with Crippen molar-refractivity contribution in [2.75, 3.05) is 5.32 Å². The number of aromatic nitrogens is 2. The fourth-order valence-electron chi connectivity index (χ4n) is 2.40. The van der Waals surface area contributed by atoms with Gasteiger partial charge >= 0.3 is 5.97 Å². The normalized spacial score (nSPS) is 10.7. The van der Waals surface area contributed by atoms with Crippen LogP contribution in [0.5, 0.6) is 0 Å². The summed E-state index contributed by atoms with van der Waals surface area (Å²) < 4.78 is 1.80. The number of para-hydroxylation sites is 2. The van der Waals surface area contributed by atoms with Gasteiger partial charge in [0.15, 0.2) is 0 Å². The van der Waals surface area contributed by atoms with Crippen molar-refractivity contribution in [1.82, 2.24) is 9.55 Å². The van der Waals surface area contributed by atoms with Crippen LogP contribution in [0.3, 0.4) is 0 Å². The van der Waals surface area contributed by atoms with Crippen molar-refractivity contribution >= 4 is 34.1 Å². The SMILES string of the molecule is Cn1cnc2c(Nc3c(C(=O)O)cccc3[N+](=O)[O-])cccc21. The fraction of sp³-hybridized carbons (Fsp3) is 0.0667. The molecule has 1 aromatic heterocycles. The molecule has 0 amide bonds. The van der Waals surface area contributed by atoms with Crippen LogP contribution in [0.2, 0.25) is 0 Å². The van der Waals surface area contributed by atoms with Crippen LogP contribution in [0, 0.1) is 10.1 Å². The van der Waals surface area contributed by atoms with Crippen LogP contribution in [0.1, 0.15) is 10.4 Å². The molecule has 0 fully saturated rings. The van der Waals surface area contributed by atoms with Crippen molar-refractivity contribution in [3.63, 3.8) is 0 Å². The van der Waals surface area contributed by atoms with Gasteiger partial charge < -0.3 is 15.0 Å². The molecule has 2 N–H and O–H groups in total. The van der Waals surface area contributed by atoms with Crippen molar-refractivity contribution in [1.29, 1.82) is 0 Å². The number of aryl methyl sites for hydroxylation is 1. The molecule has 116 valence electrons. The lowest BCUT2D eigenvalue weighted by Gasteiger charge is -2.10. The molecule has 8 nitrogen and oxygen atoms in total. The quantitative estimate of drug-likeness (QED) is 0.566. The van der Waals surface area contributed by atoms with Gasteiger partial charge in [0.1, 0.15) is 11.2 Å². The van der Waals surface area contributed by atoms with Crippen molar-refractivity contribution in [3.8, 4) is 0 Å². The molecule has 0 bridgehead atoms. The van der Waals surface area contributed by atoms with E-state index in [0.29, 0.717) is 11.2 Å². The molecule has 3 aromatic rings. The fourth-order valence-corrected chi connectivity index (χ4v) is 2.40. The number of hydrogen-bond acceptors (Lipinski definition) is 5. The van der Waals surface area contributed by atoms with E-state index in [1.54, 1.807) is 23.0 Å². The van der Waals surface area contributed by atoms with Crippen LogP contribution in [-0.2, 0) is 7.05 Å². The third-order valence-electron chi connectivity index (χ3n) is 3.48. The Bertz CT molecular complexity index is 900. The summed E-state index contributed by atoms with van der Waals surface area (Å²) in [4.78, 5) is 26.2. The summed E-state index contributed by atoms with van der Waals surface area (Å²) in [7, 11) is 1.83. The lowest BCUT2D eigenvalue weighted by atomic mass is 10.1. The van der Waals surface area contributed by atoms with E-state index in [1.165, 1.54) is 18.2 Å². The molecule has 0 aliphatic heterocycles. The Morgan fingerprint density at radius 1 is 1.30 bits per heavy atom. The Kier molecular flexibility index (Phi) is 3.41. The Hall–Kier alpha value is -3.42. The molecule has 0 unspecified atom stereocenters. The van der Waals surface area contributed by atoms with Gasteiger partial charge in [0.05, 0.1) is 28.0 Å². The van der Waals surface area contributed by atoms with Crippen LogP contribution < -0.4 is 5.32 Å². The number of carboxylic acid groups (broad SMARTS) is 1. The molecule has 8 heteroatoms. The lowest BCUT2D eigenvalue weighted by Crippen LogP contribution is -2.06. The van der Waals surface area contributed by atoms with E-state index >= 15 is 0 Å². The molecule has 0 spiro atoms. The smallest absolute Gasteiger partial charge is 0.338 e. The monoisotopic (exact) mass is 312 g/mol. The standard InChI is InChI=1S/C15H12N4O4/c1-18-8-16-14-10(5-3-6-11(14)18)17-13-9(15(20)21)4-2-7-12(13)19(22)23/h2-8,17H,1H3,(H,20,21). The predicted octanol–water partition coefficient (Wildman–Crippen LogP) is 2.92. The van der Waals surface area contributed by atoms with Gasteiger partial charge in [0.25, 0.3) is 5.69 Å². The van der Waals surface area contributed by atoms with Crippen LogP contribution in [0.4, 0.5) is 17.1 Å². The van der Waals surface area contributed by atoms with E-state index in [2.05, 4.69) is 10.3 Å². The zero-order chi connectivity index (χ0) is 16.6. The van der Waals surface area contributed by atoms with Gasteiger partial charge in [-0.05, 0) is 18.2 Å². The number of nitrogens with one attached hydrogen (secondary N) is 1. The zero-order valence-electron chi connectivity index (χ0n) is 12.1. The molecule has 0 atom stereocenters. The highest BCUT2D eigenvalue weighted by Crippen LogP contribution is 2.33. The Balaban J connectivity index is 2.18. The molecule has 23 heavy (non-hydrogen) atoms. The van der Waals surface area contributed by atoms with Gasteiger partial charge in [0, 0.05) is 13.1 Å². The number of fused-ring (bicyclic) bond motifs is 1. The maximum atomic E-state index is 11.4. The second kappa shape index (κ2) is 5.41. The van der Waals surface area contributed by atoms with Crippen LogP contribution in [0.15, 0.2) is 42.7 Å². The van der Waals surface area contributed by atoms with Crippen LogP contribution in [-0.4, -0.2) is 25.6 Å². The summed E-state index contributed by atoms with van der Waals surface area (Å²) in [5.74, 6) is -1.25. The van der Waals surface area contributed by atoms with E-state index in [0.717, 1.165) is 5.52 Å². The molecule has 2 aromatic carbocycles. The average Bonchev–Trinajstić information content (AvgIpc) is 2.89. The van der Waals surface area contributed by atoms with Gasteiger partial charge in [-0.15, -0.1) is 0 Å². The van der Waals surface area contributed by atoms with E-state index in [-0.39, 0.29) is 16.9 Å². The number of carbonyl (C=O) groups is 1. The minimum absolute atomic E-state index is 0.0665. The number of nitrogens with zero attached hydrogens (tertiary/aromatic N) is 3. The Morgan fingerprint density at radius 3 is 2.74 bits per heavy atom. The number of rotatable bonds is 4. The number of hydrogen-bond donors (Lipinski definition) is 2. The molecule has 0 saturated heterocycles. The molecule has 1 heterocycles. The van der Waals surface area contributed by atoms with Crippen LogP contribution >= 0.6 is 0 Å². The molecule has 3 rings (SSSR count). The van der Waals surface area contributed by atoms with Crippen molar-refractivity contribution in [2.24, 2.45) is 7.05 Å². The van der Waals surface area contributed by atoms with Crippen molar-refractivity contribution in [3.05, 3.63) is 58.4 Å². The Labute approximate surface area is 130 Å². The van der Waals surface area contributed by atoms with E-state index in [4.69, 9.17) is 0 Å². The highest BCUT2D eigenvalue weighted by molar-refractivity contribution is 6.00. The topological polar surface area (TPSA) is 110 Å². The van der Waals surface area contributed by atoms with Gasteiger partial charge in [-0.3, -0.25) is 10.1 Å². The maximum absolute atomic E-state index is 11.4. The summed E-state index contributed by atoms with van der Waals surface area (Å²) in [6.45, 7) is 0. The first-order valence-corrected chi connectivity index (χ1v) is 6.67. The van der Waals surface area contributed by atoms with Gasteiger partial charge in [-0.25, -0.2) is 9.78 Å². The first-order chi connectivity index (χ1) is 11.0. The van der Waals surface area contributed by atoms with Crippen LogP contribution in [0.25, 0.3) is 11.0 Å². The number of aromatic carboxylic acids is 1. The molecule has 0 aliphatic carbocycles. The summed E-state index contributed by atoms with van der Waals surface area (Å²) in [6, 6.07) is 9.22.